The molecule has 7 nitrogen and oxygen atoms in total. The molecule has 3 atom stereocenters. The van der Waals surface area contributed by atoms with Crippen LogP contribution in [-0.4, -0.2) is 60.9 Å². The Morgan fingerprint density at radius 1 is 1.03 bits per heavy atom. The second kappa shape index (κ2) is 9.70. The third-order valence-electron chi connectivity index (χ3n) is 6.53. The van der Waals surface area contributed by atoms with Crippen molar-refractivity contribution in [3.05, 3.63) is 53.6 Å². The van der Waals surface area contributed by atoms with Crippen LogP contribution < -0.4 is 9.47 Å². The minimum Gasteiger partial charge on any atom is -0.490 e. The van der Waals surface area contributed by atoms with Gasteiger partial charge in [-0.3, -0.25) is 0 Å². The van der Waals surface area contributed by atoms with Gasteiger partial charge in [-0.1, -0.05) is 0 Å². The molecule has 14 heteroatoms. The zero-order valence-corrected chi connectivity index (χ0v) is 21.1. The lowest BCUT2D eigenvalue weighted by molar-refractivity contribution is -0.153. The molecule has 0 radical (unpaired) electrons. The number of ether oxygens (including phenoxy) is 3. The first-order chi connectivity index (χ1) is 17.2. The van der Waals surface area contributed by atoms with E-state index in [0.29, 0.717) is 0 Å². The molecule has 2 aromatic carbocycles. The maximum atomic E-state index is 15.3. The molecule has 0 aromatic heterocycles. The van der Waals surface area contributed by atoms with Gasteiger partial charge in [-0.05, 0) is 49.2 Å². The van der Waals surface area contributed by atoms with Gasteiger partial charge in [0.1, 0.15) is 26.2 Å². The first kappa shape index (κ1) is 27.6. The van der Waals surface area contributed by atoms with Crippen LogP contribution in [0.15, 0.2) is 41.3 Å². The molecule has 0 bridgehead atoms. The van der Waals surface area contributed by atoms with Crippen LogP contribution in [0.2, 0.25) is 0 Å². The van der Waals surface area contributed by atoms with E-state index in [1.165, 1.54) is 0 Å². The van der Waals surface area contributed by atoms with E-state index in [4.69, 9.17) is 9.47 Å². The van der Waals surface area contributed by atoms with Crippen molar-refractivity contribution in [2.75, 3.05) is 31.8 Å². The van der Waals surface area contributed by atoms with Crippen LogP contribution >= 0.6 is 0 Å². The summed E-state index contributed by atoms with van der Waals surface area (Å²) < 4.78 is 133. The average Bonchev–Trinajstić information content (AvgIpc) is 2.82. The van der Waals surface area contributed by atoms with Crippen LogP contribution in [0, 0.1) is 17.6 Å². The molecule has 2 aromatic rings. The number of rotatable bonds is 7. The van der Waals surface area contributed by atoms with E-state index in [9.17, 15) is 34.4 Å². The second-order valence-electron chi connectivity index (χ2n) is 9.00. The molecule has 2 aliphatic rings. The van der Waals surface area contributed by atoms with Crippen LogP contribution in [-0.2, 0) is 29.2 Å². The zero-order chi connectivity index (χ0) is 27.2. The van der Waals surface area contributed by atoms with E-state index in [1.807, 2.05) is 0 Å². The first-order valence-corrected chi connectivity index (χ1v) is 14.6. The standard InChI is InChI=1S/C23H23F5O7S2/c1-36(29,30)11-8-19-16-12-34-21-18(25)7-6-17(24)20(21)22(16,9-10-33-19)37(31,32)15-4-2-14(3-5-15)35-13-23(26,27)28/h2-7,16,19H,8-13H2,1H3/t16-,19-,22-/m0/s1. The minimum atomic E-state index is -4.60. The van der Waals surface area contributed by atoms with Crippen molar-refractivity contribution in [1.29, 1.82) is 0 Å². The van der Waals surface area contributed by atoms with Crippen molar-refractivity contribution in [2.24, 2.45) is 5.92 Å². The van der Waals surface area contributed by atoms with Crippen molar-refractivity contribution in [3.8, 4) is 11.5 Å². The fraction of sp³-hybridized carbons (Fsp3) is 0.478. The highest BCUT2D eigenvalue weighted by Crippen LogP contribution is 2.56. The van der Waals surface area contributed by atoms with Gasteiger partial charge in [0.25, 0.3) is 0 Å². The normalized spacial score (nSPS) is 24.1. The lowest BCUT2D eigenvalue weighted by Crippen LogP contribution is -2.57. The van der Waals surface area contributed by atoms with Gasteiger partial charge in [0.15, 0.2) is 28.0 Å². The molecule has 0 aliphatic carbocycles. The van der Waals surface area contributed by atoms with Crippen LogP contribution in [0.5, 0.6) is 11.5 Å². The van der Waals surface area contributed by atoms with Crippen molar-refractivity contribution in [2.45, 2.75) is 34.8 Å². The molecular formula is C23H23F5O7S2. The van der Waals surface area contributed by atoms with E-state index in [1.54, 1.807) is 0 Å². The van der Waals surface area contributed by atoms with Gasteiger partial charge < -0.3 is 14.2 Å². The Morgan fingerprint density at radius 3 is 2.30 bits per heavy atom. The highest BCUT2D eigenvalue weighted by atomic mass is 32.2. The highest BCUT2D eigenvalue weighted by Gasteiger charge is 2.61. The number of benzene rings is 2. The molecule has 0 saturated carbocycles. The van der Waals surface area contributed by atoms with Gasteiger partial charge in [-0.15, -0.1) is 0 Å². The van der Waals surface area contributed by atoms with Gasteiger partial charge in [-0.2, -0.15) is 13.2 Å². The fourth-order valence-corrected chi connectivity index (χ4v) is 7.94. The van der Waals surface area contributed by atoms with Crippen molar-refractivity contribution < 1.29 is 53.0 Å². The largest absolute Gasteiger partial charge is 0.490 e. The Labute approximate surface area is 210 Å². The Hall–Kier alpha value is -2.45. The summed E-state index contributed by atoms with van der Waals surface area (Å²) >= 11 is 0. The van der Waals surface area contributed by atoms with Crippen LogP contribution in [0.4, 0.5) is 22.0 Å². The second-order valence-corrected chi connectivity index (χ2v) is 13.5. The molecule has 1 saturated heterocycles. The molecular weight excluding hydrogens is 547 g/mol. The van der Waals surface area contributed by atoms with Gasteiger partial charge in [0.2, 0.25) is 0 Å². The summed E-state index contributed by atoms with van der Waals surface area (Å²) in [4.78, 5) is -0.364. The third-order valence-corrected chi connectivity index (χ3v) is 10.1. The molecule has 2 heterocycles. The molecule has 0 spiro atoms. The number of alkyl halides is 3. The Balaban J connectivity index is 1.83. The van der Waals surface area contributed by atoms with Gasteiger partial charge in [0.05, 0.1) is 28.9 Å². The number of sulfone groups is 2. The molecule has 0 amide bonds. The predicted octanol–water partition coefficient (Wildman–Crippen LogP) is 3.81. The monoisotopic (exact) mass is 570 g/mol. The summed E-state index contributed by atoms with van der Waals surface area (Å²) in [6.07, 6.45) is -4.99. The Morgan fingerprint density at radius 2 is 1.68 bits per heavy atom. The van der Waals surface area contributed by atoms with E-state index in [0.717, 1.165) is 42.7 Å². The maximum Gasteiger partial charge on any atom is 0.422 e. The van der Waals surface area contributed by atoms with Crippen LogP contribution in [0.25, 0.3) is 0 Å². The molecule has 4 rings (SSSR count). The summed E-state index contributed by atoms with van der Waals surface area (Å²) in [6.45, 7) is -2.18. The Kier molecular flexibility index (Phi) is 7.23. The third kappa shape index (κ3) is 5.28. The predicted molar refractivity (Wildman–Crippen MR) is 121 cm³/mol. The van der Waals surface area contributed by atoms with E-state index < -0.39 is 78.8 Å². The number of fused-ring (bicyclic) bond motifs is 3. The topological polar surface area (TPSA) is 96.0 Å². The molecule has 204 valence electrons. The van der Waals surface area contributed by atoms with E-state index >= 15 is 4.39 Å². The first-order valence-electron chi connectivity index (χ1n) is 11.1. The van der Waals surface area contributed by atoms with E-state index in [2.05, 4.69) is 4.74 Å². The number of hydrogen-bond acceptors (Lipinski definition) is 7. The van der Waals surface area contributed by atoms with Crippen LogP contribution in [0.1, 0.15) is 18.4 Å². The zero-order valence-electron chi connectivity index (χ0n) is 19.4. The van der Waals surface area contributed by atoms with Gasteiger partial charge >= 0.3 is 6.18 Å². The lowest BCUT2D eigenvalue weighted by atomic mass is 9.75. The summed E-state index contributed by atoms with van der Waals surface area (Å²) in [7, 11) is -8.04. The van der Waals surface area contributed by atoms with Gasteiger partial charge in [0, 0.05) is 18.8 Å². The maximum absolute atomic E-state index is 15.3. The quantitative estimate of drug-likeness (QED) is 0.468. The molecule has 0 N–H and O–H groups in total. The highest BCUT2D eigenvalue weighted by molar-refractivity contribution is 7.92. The summed E-state index contributed by atoms with van der Waals surface area (Å²) in [5.74, 6) is -4.26. The average molecular weight is 571 g/mol. The van der Waals surface area contributed by atoms with Crippen molar-refractivity contribution in [1.82, 2.24) is 0 Å². The van der Waals surface area contributed by atoms with Crippen molar-refractivity contribution in [3.63, 3.8) is 0 Å². The summed E-state index contributed by atoms with van der Waals surface area (Å²) in [5.41, 5.74) is -0.520. The lowest BCUT2D eigenvalue weighted by Gasteiger charge is -2.50. The van der Waals surface area contributed by atoms with Gasteiger partial charge in [-0.25, -0.2) is 25.6 Å². The summed E-state index contributed by atoms with van der Waals surface area (Å²) in [6, 6.07) is 5.72. The molecule has 0 unspecified atom stereocenters. The fourth-order valence-electron chi connectivity index (χ4n) is 4.93. The van der Waals surface area contributed by atoms with Crippen LogP contribution in [0.3, 0.4) is 0 Å². The summed E-state index contributed by atoms with van der Waals surface area (Å²) in [5, 5.41) is 0. The minimum absolute atomic E-state index is 0.110. The number of halogens is 5. The smallest absolute Gasteiger partial charge is 0.422 e. The Bertz CT molecular complexity index is 1380. The van der Waals surface area contributed by atoms with E-state index in [-0.39, 0.29) is 35.8 Å². The molecule has 37 heavy (non-hydrogen) atoms. The number of hydrogen-bond donors (Lipinski definition) is 0. The molecule has 1 fully saturated rings. The van der Waals surface area contributed by atoms with Crippen molar-refractivity contribution >= 4 is 19.7 Å². The SMILES string of the molecule is CS(=O)(=O)CC[C@@H]1OCC[C@@]2(S(=O)(=O)c3ccc(OCC(F)(F)F)cc3)c3c(F)ccc(F)c3OC[C@@H]12. The molecule has 2 aliphatic heterocycles.